The van der Waals surface area contributed by atoms with E-state index in [-0.39, 0.29) is 18.0 Å². The second-order valence-electron chi connectivity index (χ2n) is 4.65. The van der Waals surface area contributed by atoms with Crippen LogP contribution in [0.25, 0.3) is 0 Å². The lowest BCUT2D eigenvalue weighted by molar-refractivity contribution is 0.0959. The van der Waals surface area contributed by atoms with Crippen molar-refractivity contribution in [3.63, 3.8) is 0 Å². The third-order valence-electron chi connectivity index (χ3n) is 2.61. The topological polar surface area (TPSA) is 99.3 Å². The lowest BCUT2D eigenvalue weighted by Crippen LogP contribution is -2.32. The molecule has 0 amide bonds. The van der Waals surface area contributed by atoms with Crippen LogP contribution in [0.2, 0.25) is 0 Å². The molecule has 1 rings (SSSR count). The highest BCUT2D eigenvalue weighted by molar-refractivity contribution is 7.90. The minimum Gasteiger partial charge on any atom is -0.492 e. The average Bonchev–Trinajstić information content (AvgIpc) is 2.41. The number of nitrogens with zero attached hydrogens (tertiary/aromatic N) is 1. The van der Waals surface area contributed by atoms with Crippen LogP contribution in [-0.4, -0.2) is 43.8 Å². The molecule has 0 aromatic carbocycles. The zero-order chi connectivity index (χ0) is 15.2. The third kappa shape index (κ3) is 5.66. The van der Waals surface area contributed by atoms with E-state index in [0.29, 0.717) is 17.9 Å². The van der Waals surface area contributed by atoms with Gasteiger partial charge < -0.3 is 10.5 Å². The number of hydrogen-bond acceptors (Lipinski definition) is 6. The molecule has 1 aromatic heterocycles. The van der Waals surface area contributed by atoms with Crippen LogP contribution in [0.1, 0.15) is 30.1 Å². The molecular formula is C13H20N2O4S. The molecule has 0 fully saturated rings. The lowest BCUT2D eigenvalue weighted by atomic mass is 10.0. The van der Waals surface area contributed by atoms with Gasteiger partial charge in [-0.25, -0.2) is 8.42 Å². The van der Waals surface area contributed by atoms with Crippen LogP contribution in [-0.2, 0) is 9.84 Å². The molecule has 0 saturated heterocycles. The number of pyridine rings is 1. The monoisotopic (exact) mass is 300 g/mol. The molecule has 0 saturated carbocycles. The summed E-state index contributed by atoms with van der Waals surface area (Å²) < 4.78 is 27.5. The van der Waals surface area contributed by atoms with E-state index >= 15 is 0 Å². The highest BCUT2D eigenvalue weighted by atomic mass is 32.2. The second-order valence-corrected chi connectivity index (χ2v) is 6.91. The van der Waals surface area contributed by atoms with E-state index in [4.69, 9.17) is 10.5 Å². The highest BCUT2D eigenvalue weighted by Gasteiger charge is 2.18. The summed E-state index contributed by atoms with van der Waals surface area (Å²) in [6, 6.07) is 0.721. The Kier molecular flexibility index (Phi) is 6.09. The normalized spacial score (nSPS) is 12.9. The fourth-order valence-corrected chi connectivity index (χ4v) is 2.22. The average molecular weight is 300 g/mol. The SMILES string of the molecule is CCCOc1cncc(C(=O)C(N)CCS(C)(=O)=O)c1. The molecule has 0 bridgehead atoms. The van der Waals surface area contributed by atoms with Crippen LogP contribution < -0.4 is 10.5 Å². The fraction of sp³-hybridized carbons (Fsp3) is 0.538. The fourth-order valence-electron chi connectivity index (χ4n) is 1.54. The molecule has 0 aliphatic carbocycles. The van der Waals surface area contributed by atoms with Crippen molar-refractivity contribution in [2.75, 3.05) is 18.6 Å². The second kappa shape index (κ2) is 7.35. The van der Waals surface area contributed by atoms with E-state index in [0.717, 1.165) is 12.7 Å². The third-order valence-corrected chi connectivity index (χ3v) is 3.58. The number of rotatable bonds is 8. The van der Waals surface area contributed by atoms with Crippen LogP contribution in [0.15, 0.2) is 18.5 Å². The van der Waals surface area contributed by atoms with Gasteiger partial charge in [-0.2, -0.15) is 0 Å². The van der Waals surface area contributed by atoms with E-state index in [1.54, 1.807) is 6.07 Å². The van der Waals surface area contributed by atoms with Gasteiger partial charge in [-0.3, -0.25) is 9.78 Å². The number of hydrogen-bond donors (Lipinski definition) is 1. The molecule has 1 aromatic rings. The molecule has 0 aliphatic rings. The van der Waals surface area contributed by atoms with Crippen molar-refractivity contribution in [3.05, 3.63) is 24.0 Å². The zero-order valence-corrected chi connectivity index (χ0v) is 12.5. The van der Waals surface area contributed by atoms with Gasteiger partial charge in [0.05, 0.1) is 24.6 Å². The van der Waals surface area contributed by atoms with E-state index in [1.807, 2.05) is 6.92 Å². The van der Waals surface area contributed by atoms with Crippen molar-refractivity contribution in [2.24, 2.45) is 5.73 Å². The highest BCUT2D eigenvalue weighted by Crippen LogP contribution is 2.13. The maximum Gasteiger partial charge on any atom is 0.181 e. The van der Waals surface area contributed by atoms with Gasteiger partial charge in [0, 0.05) is 18.0 Å². The van der Waals surface area contributed by atoms with E-state index in [1.165, 1.54) is 12.4 Å². The smallest absolute Gasteiger partial charge is 0.181 e. The first kappa shape index (κ1) is 16.6. The van der Waals surface area contributed by atoms with Crippen LogP contribution in [0.5, 0.6) is 5.75 Å². The molecule has 20 heavy (non-hydrogen) atoms. The van der Waals surface area contributed by atoms with Crippen LogP contribution >= 0.6 is 0 Å². The molecule has 0 radical (unpaired) electrons. The predicted molar refractivity (Wildman–Crippen MR) is 76.7 cm³/mol. The van der Waals surface area contributed by atoms with Gasteiger partial charge in [0.25, 0.3) is 0 Å². The molecule has 0 spiro atoms. The van der Waals surface area contributed by atoms with Crippen LogP contribution in [0, 0.1) is 0 Å². The maximum atomic E-state index is 12.1. The standard InChI is InChI=1S/C13H20N2O4S/c1-3-5-19-11-7-10(8-15-9-11)13(16)12(14)4-6-20(2,17)18/h7-9,12H,3-6,14H2,1-2H3. The summed E-state index contributed by atoms with van der Waals surface area (Å²) in [6.07, 6.45) is 4.99. The largest absolute Gasteiger partial charge is 0.492 e. The summed E-state index contributed by atoms with van der Waals surface area (Å²) in [4.78, 5) is 16.0. The molecule has 6 nitrogen and oxygen atoms in total. The van der Waals surface area contributed by atoms with E-state index in [2.05, 4.69) is 4.98 Å². The Morgan fingerprint density at radius 1 is 1.45 bits per heavy atom. The van der Waals surface area contributed by atoms with Crippen molar-refractivity contribution < 1.29 is 17.9 Å². The lowest BCUT2D eigenvalue weighted by Gasteiger charge is -2.11. The number of ether oxygens (including phenoxy) is 1. The number of carbonyl (C=O) groups excluding carboxylic acids is 1. The van der Waals surface area contributed by atoms with E-state index in [9.17, 15) is 13.2 Å². The minimum absolute atomic E-state index is 0.0950. The van der Waals surface area contributed by atoms with Gasteiger partial charge in [0.2, 0.25) is 0 Å². The molecular weight excluding hydrogens is 280 g/mol. The number of nitrogens with two attached hydrogens (primary N) is 1. The van der Waals surface area contributed by atoms with Crippen molar-refractivity contribution in [1.82, 2.24) is 4.98 Å². The Labute approximate surface area is 119 Å². The number of Topliss-reactive ketones (excluding diaryl/α,β-unsaturated/α-hetero) is 1. The number of ketones is 1. The Balaban J connectivity index is 2.71. The summed E-state index contributed by atoms with van der Waals surface area (Å²) >= 11 is 0. The predicted octanol–water partition coefficient (Wildman–Crippen LogP) is 0.815. The van der Waals surface area contributed by atoms with Crippen LogP contribution in [0.3, 0.4) is 0 Å². The maximum absolute atomic E-state index is 12.1. The van der Waals surface area contributed by atoms with Gasteiger partial charge >= 0.3 is 0 Å². The number of aromatic nitrogens is 1. The first-order chi connectivity index (χ1) is 9.33. The molecule has 1 unspecified atom stereocenters. The van der Waals surface area contributed by atoms with Crippen molar-refractivity contribution >= 4 is 15.6 Å². The summed E-state index contributed by atoms with van der Waals surface area (Å²) in [5, 5.41) is 0. The van der Waals surface area contributed by atoms with Gasteiger partial charge in [-0.15, -0.1) is 0 Å². The number of carbonyl (C=O) groups is 1. The van der Waals surface area contributed by atoms with Crippen molar-refractivity contribution in [3.8, 4) is 5.75 Å². The molecule has 0 aliphatic heterocycles. The van der Waals surface area contributed by atoms with Gasteiger partial charge in [0.15, 0.2) is 5.78 Å². The summed E-state index contributed by atoms with van der Waals surface area (Å²) in [7, 11) is -3.13. The number of sulfone groups is 1. The first-order valence-corrected chi connectivity index (χ1v) is 8.45. The Hall–Kier alpha value is -1.47. The Bertz CT molecular complexity index is 557. The van der Waals surface area contributed by atoms with Crippen LogP contribution in [0.4, 0.5) is 0 Å². The minimum atomic E-state index is -3.13. The van der Waals surface area contributed by atoms with Crippen molar-refractivity contribution in [2.45, 2.75) is 25.8 Å². The molecule has 112 valence electrons. The zero-order valence-electron chi connectivity index (χ0n) is 11.7. The summed E-state index contributed by atoms with van der Waals surface area (Å²) in [5.74, 6) is 0.0652. The van der Waals surface area contributed by atoms with Gasteiger partial charge in [-0.1, -0.05) is 6.92 Å². The quantitative estimate of drug-likeness (QED) is 0.713. The molecule has 2 N–H and O–H groups in total. The Morgan fingerprint density at radius 3 is 2.75 bits per heavy atom. The molecule has 1 heterocycles. The molecule has 1 atom stereocenters. The molecule has 7 heteroatoms. The summed E-state index contributed by atoms with van der Waals surface area (Å²) in [6.45, 7) is 2.52. The first-order valence-electron chi connectivity index (χ1n) is 6.39. The van der Waals surface area contributed by atoms with Crippen molar-refractivity contribution in [1.29, 1.82) is 0 Å². The van der Waals surface area contributed by atoms with Gasteiger partial charge in [-0.05, 0) is 18.9 Å². The van der Waals surface area contributed by atoms with Gasteiger partial charge in [0.1, 0.15) is 15.6 Å². The van der Waals surface area contributed by atoms with E-state index < -0.39 is 15.9 Å². The Morgan fingerprint density at radius 2 is 2.15 bits per heavy atom. The summed E-state index contributed by atoms with van der Waals surface area (Å²) in [5.41, 5.74) is 6.06.